The van der Waals surface area contributed by atoms with E-state index in [0.29, 0.717) is 6.54 Å². The molecule has 1 fully saturated rings. The fourth-order valence-electron chi connectivity index (χ4n) is 2.97. The summed E-state index contributed by atoms with van der Waals surface area (Å²) in [5, 5.41) is 11.3. The van der Waals surface area contributed by atoms with E-state index in [0.717, 1.165) is 30.0 Å². The number of rotatable bonds is 6. The Balaban J connectivity index is 1.60. The number of aryl methyl sites for hydroxylation is 1. The molecule has 1 aliphatic rings. The van der Waals surface area contributed by atoms with Crippen LogP contribution in [0.15, 0.2) is 35.7 Å². The first-order valence-corrected chi connectivity index (χ1v) is 8.93. The lowest BCUT2D eigenvalue weighted by molar-refractivity contribution is -0.120. The second kappa shape index (κ2) is 6.93. The number of nitrogens with zero attached hydrogens (tertiary/aromatic N) is 3. The molecule has 0 radical (unpaired) electrons. The summed E-state index contributed by atoms with van der Waals surface area (Å²) in [5.41, 5.74) is 1.04. The van der Waals surface area contributed by atoms with E-state index in [2.05, 4.69) is 15.5 Å². The Kier molecular flexibility index (Phi) is 4.89. The van der Waals surface area contributed by atoms with Gasteiger partial charge in [-0.25, -0.2) is 4.39 Å². The molecule has 1 heterocycles. The molecule has 0 aliphatic heterocycles. The number of carbonyl (C=O) groups excluding carboxylic acids is 1. The van der Waals surface area contributed by atoms with Gasteiger partial charge in [-0.05, 0) is 37.5 Å². The first kappa shape index (κ1) is 17.0. The topological polar surface area (TPSA) is 59.8 Å². The second-order valence-electron chi connectivity index (χ2n) is 6.34. The summed E-state index contributed by atoms with van der Waals surface area (Å²) in [7, 11) is 1.85. The predicted octanol–water partition coefficient (Wildman–Crippen LogP) is 2.67. The average Bonchev–Trinajstić information content (AvgIpc) is 2.92. The lowest BCUT2D eigenvalue weighted by Gasteiger charge is -2.42. The maximum Gasteiger partial charge on any atom is 0.233 e. The van der Waals surface area contributed by atoms with Crippen molar-refractivity contribution >= 4 is 17.7 Å². The molecule has 5 nitrogen and oxygen atoms in total. The van der Waals surface area contributed by atoms with Gasteiger partial charge in [0, 0.05) is 19.0 Å². The predicted molar refractivity (Wildman–Crippen MR) is 91.3 cm³/mol. The lowest BCUT2D eigenvalue weighted by atomic mass is 9.64. The summed E-state index contributed by atoms with van der Waals surface area (Å²) in [6, 6.07) is 6.64. The van der Waals surface area contributed by atoms with E-state index >= 15 is 0 Å². The summed E-state index contributed by atoms with van der Waals surface area (Å²) in [5.74, 6) is -0.248. The Bertz CT molecular complexity index is 712. The molecule has 1 aromatic carbocycles. The van der Waals surface area contributed by atoms with Crippen LogP contribution in [0, 0.1) is 5.82 Å². The van der Waals surface area contributed by atoms with E-state index in [9.17, 15) is 9.18 Å². The minimum absolute atomic E-state index is 0.0172. The molecule has 1 aliphatic carbocycles. The molecule has 128 valence electrons. The van der Waals surface area contributed by atoms with Gasteiger partial charge in [-0.1, -0.05) is 30.3 Å². The monoisotopic (exact) mass is 348 g/mol. The average molecular weight is 348 g/mol. The van der Waals surface area contributed by atoms with E-state index in [1.54, 1.807) is 10.9 Å². The third-order valence-corrected chi connectivity index (χ3v) is 5.84. The van der Waals surface area contributed by atoms with Crippen LogP contribution in [-0.2, 0) is 17.3 Å². The molecular formula is C17H21FN4OS. The van der Waals surface area contributed by atoms with Crippen molar-refractivity contribution in [2.75, 3.05) is 6.54 Å². The van der Waals surface area contributed by atoms with Crippen LogP contribution in [-0.4, -0.2) is 32.5 Å². The molecule has 0 spiro atoms. The van der Waals surface area contributed by atoms with Crippen molar-refractivity contribution in [2.45, 2.75) is 42.0 Å². The van der Waals surface area contributed by atoms with Crippen LogP contribution >= 0.6 is 11.8 Å². The third-order valence-electron chi connectivity index (χ3n) is 4.69. The smallest absolute Gasteiger partial charge is 0.233 e. The van der Waals surface area contributed by atoms with Crippen molar-refractivity contribution in [1.82, 2.24) is 20.1 Å². The molecular weight excluding hydrogens is 327 g/mol. The maximum absolute atomic E-state index is 13.1. The second-order valence-corrected chi connectivity index (χ2v) is 7.65. The third kappa shape index (κ3) is 3.45. The fraction of sp³-hybridized carbons (Fsp3) is 0.471. The number of aromatic nitrogens is 3. The summed E-state index contributed by atoms with van der Waals surface area (Å²) < 4.78 is 14.9. The van der Waals surface area contributed by atoms with Crippen molar-refractivity contribution in [2.24, 2.45) is 7.05 Å². The molecule has 1 aromatic heterocycles. The van der Waals surface area contributed by atoms with Gasteiger partial charge in [0.25, 0.3) is 0 Å². The van der Waals surface area contributed by atoms with Gasteiger partial charge in [-0.2, -0.15) is 0 Å². The molecule has 0 saturated heterocycles. The normalized spacial score (nSPS) is 17.1. The highest BCUT2D eigenvalue weighted by Crippen LogP contribution is 2.43. The van der Waals surface area contributed by atoms with Gasteiger partial charge in [0.2, 0.25) is 5.91 Å². The van der Waals surface area contributed by atoms with Gasteiger partial charge in [0.15, 0.2) is 5.16 Å². The van der Waals surface area contributed by atoms with Crippen LogP contribution < -0.4 is 5.32 Å². The van der Waals surface area contributed by atoms with Crippen molar-refractivity contribution in [3.63, 3.8) is 0 Å². The zero-order valence-electron chi connectivity index (χ0n) is 13.8. The van der Waals surface area contributed by atoms with Gasteiger partial charge in [-0.15, -0.1) is 10.2 Å². The zero-order chi connectivity index (χ0) is 17.2. The van der Waals surface area contributed by atoms with Crippen molar-refractivity contribution in [3.8, 4) is 0 Å². The molecule has 0 bridgehead atoms. The summed E-state index contributed by atoms with van der Waals surface area (Å²) in [4.78, 5) is 12.4. The van der Waals surface area contributed by atoms with Crippen LogP contribution in [0.25, 0.3) is 0 Å². The van der Waals surface area contributed by atoms with Crippen molar-refractivity contribution in [3.05, 3.63) is 42.0 Å². The lowest BCUT2D eigenvalue weighted by Crippen LogP contribution is -2.47. The summed E-state index contributed by atoms with van der Waals surface area (Å²) in [6.45, 7) is 2.45. The van der Waals surface area contributed by atoms with Crippen molar-refractivity contribution in [1.29, 1.82) is 0 Å². The molecule has 2 aromatic rings. The molecule has 3 rings (SSSR count). The zero-order valence-corrected chi connectivity index (χ0v) is 14.6. The van der Waals surface area contributed by atoms with E-state index in [1.807, 2.05) is 26.1 Å². The molecule has 24 heavy (non-hydrogen) atoms. The fourth-order valence-corrected chi connectivity index (χ4v) is 3.78. The van der Waals surface area contributed by atoms with Gasteiger partial charge in [0.05, 0.1) is 5.25 Å². The molecule has 1 N–H and O–H groups in total. The Morgan fingerprint density at radius 2 is 2.12 bits per heavy atom. The minimum Gasteiger partial charge on any atom is -0.354 e. The van der Waals surface area contributed by atoms with Gasteiger partial charge >= 0.3 is 0 Å². The molecule has 1 saturated carbocycles. The highest BCUT2D eigenvalue weighted by atomic mass is 32.2. The Morgan fingerprint density at radius 1 is 1.42 bits per heavy atom. The number of hydrogen-bond donors (Lipinski definition) is 1. The Morgan fingerprint density at radius 3 is 2.67 bits per heavy atom. The van der Waals surface area contributed by atoms with Crippen LogP contribution in [0.2, 0.25) is 0 Å². The van der Waals surface area contributed by atoms with Gasteiger partial charge < -0.3 is 9.88 Å². The van der Waals surface area contributed by atoms with E-state index in [4.69, 9.17) is 0 Å². The van der Waals surface area contributed by atoms with Crippen molar-refractivity contribution < 1.29 is 9.18 Å². The molecule has 7 heteroatoms. The molecule has 1 amide bonds. The van der Waals surface area contributed by atoms with E-state index < -0.39 is 0 Å². The SMILES string of the molecule is C[C@@H](Sc1nncn1C)C(=O)NCC1(c2ccc(F)cc2)CCC1. The first-order chi connectivity index (χ1) is 11.5. The van der Waals surface area contributed by atoms with Gasteiger partial charge in [-0.3, -0.25) is 4.79 Å². The standard InChI is InChI=1S/C17H21FN4OS/c1-12(24-16-21-20-11-22(16)2)15(23)19-10-17(8-3-9-17)13-4-6-14(18)7-5-13/h4-7,11-12H,3,8-10H2,1-2H3,(H,19,23)/t12-/m1/s1. The number of amides is 1. The van der Waals surface area contributed by atoms with E-state index in [1.165, 1.54) is 23.9 Å². The Labute approximate surface area is 145 Å². The van der Waals surface area contributed by atoms with Crippen LogP contribution in [0.3, 0.4) is 0 Å². The Hall–Kier alpha value is -1.89. The number of benzene rings is 1. The van der Waals surface area contributed by atoms with E-state index in [-0.39, 0.29) is 22.4 Å². The van der Waals surface area contributed by atoms with Crippen LogP contribution in [0.1, 0.15) is 31.7 Å². The largest absolute Gasteiger partial charge is 0.354 e. The van der Waals surface area contributed by atoms with Crippen LogP contribution in [0.5, 0.6) is 0 Å². The number of hydrogen-bond acceptors (Lipinski definition) is 4. The minimum atomic E-state index is -0.252. The number of halogens is 1. The maximum atomic E-state index is 13.1. The van der Waals surface area contributed by atoms with Crippen LogP contribution in [0.4, 0.5) is 4.39 Å². The number of carbonyl (C=O) groups is 1. The quantitative estimate of drug-likeness (QED) is 0.816. The first-order valence-electron chi connectivity index (χ1n) is 8.05. The molecule has 0 unspecified atom stereocenters. The number of nitrogens with one attached hydrogen (secondary N) is 1. The summed E-state index contributed by atoms with van der Waals surface area (Å²) in [6.07, 6.45) is 4.79. The molecule has 1 atom stereocenters. The highest BCUT2D eigenvalue weighted by Gasteiger charge is 2.39. The highest BCUT2D eigenvalue weighted by molar-refractivity contribution is 8.00. The van der Waals surface area contributed by atoms with Gasteiger partial charge in [0.1, 0.15) is 12.1 Å². The number of thioether (sulfide) groups is 1. The summed E-state index contributed by atoms with van der Waals surface area (Å²) >= 11 is 1.39.